The number of nitrogens with one attached hydrogen (secondary N) is 1. The van der Waals surface area contributed by atoms with Gasteiger partial charge < -0.3 is 19.5 Å². The smallest absolute Gasteiger partial charge is 0.162 e. The fourth-order valence-corrected chi connectivity index (χ4v) is 3.05. The highest BCUT2D eigenvalue weighted by atomic mass is 79.9. The normalized spacial score (nSPS) is 15.5. The lowest BCUT2D eigenvalue weighted by Gasteiger charge is -2.26. The molecule has 1 saturated heterocycles. The van der Waals surface area contributed by atoms with Gasteiger partial charge in [-0.3, -0.25) is 4.90 Å². The fraction of sp³-hybridized carbons (Fsp3) is 0.667. The van der Waals surface area contributed by atoms with Crippen molar-refractivity contribution in [3.63, 3.8) is 0 Å². The van der Waals surface area contributed by atoms with E-state index in [0.717, 1.165) is 68.3 Å². The first-order valence-electron chi connectivity index (χ1n) is 8.83. The number of nitrogens with zero attached hydrogens (tertiary/aromatic N) is 1. The number of hydrogen-bond acceptors (Lipinski definition) is 5. The molecule has 6 heteroatoms. The molecule has 0 spiro atoms. The summed E-state index contributed by atoms with van der Waals surface area (Å²) in [5, 5.41) is 3.51. The molecule has 1 aromatic carbocycles. The van der Waals surface area contributed by atoms with Gasteiger partial charge in [0.05, 0.1) is 26.4 Å². The molecule has 0 saturated carbocycles. The molecule has 0 aliphatic carbocycles. The average Bonchev–Trinajstić information content (AvgIpc) is 2.60. The van der Waals surface area contributed by atoms with Crippen LogP contribution in [0.1, 0.15) is 25.8 Å². The second-order valence-corrected chi connectivity index (χ2v) is 6.66. The van der Waals surface area contributed by atoms with Crippen LogP contribution in [-0.4, -0.2) is 57.5 Å². The zero-order chi connectivity index (χ0) is 17.2. The maximum atomic E-state index is 5.79. The lowest BCUT2D eigenvalue weighted by atomic mass is 10.2. The predicted octanol–water partition coefficient (Wildman–Crippen LogP) is 3.06. The van der Waals surface area contributed by atoms with E-state index in [2.05, 4.69) is 39.1 Å². The van der Waals surface area contributed by atoms with E-state index in [1.165, 1.54) is 5.56 Å². The summed E-state index contributed by atoms with van der Waals surface area (Å²) >= 11 is 3.65. The molecule has 1 aliphatic heterocycles. The van der Waals surface area contributed by atoms with Gasteiger partial charge in [0, 0.05) is 37.2 Å². The number of ether oxygens (including phenoxy) is 3. The van der Waals surface area contributed by atoms with E-state index >= 15 is 0 Å². The van der Waals surface area contributed by atoms with Crippen LogP contribution in [0, 0.1) is 0 Å². The molecule has 0 atom stereocenters. The molecule has 1 heterocycles. The van der Waals surface area contributed by atoms with Gasteiger partial charge in [-0.1, -0.05) is 22.9 Å². The molecule has 0 aromatic heterocycles. The Morgan fingerprint density at radius 3 is 2.62 bits per heavy atom. The molecule has 0 bridgehead atoms. The molecular formula is C18H29BrN2O3. The predicted molar refractivity (Wildman–Crippen MR) is 100 cm³/mol. The summed E-state index contributed by atoms with van der Waals surface area (Å²) in [6, 6.07) is 4.08. The number of morpholine rings is 1. The van der Waals surface area contributed by atoms with Crippen molar-refractivity contribution in [3.05, 3.63) is 22.2 Å². The van der Waals surface area contributed by atoms with Gasteiger partial charge in [0.2, 0.25) is 0 Å². The summed E-state index contributed by atoms with van der Waals surface area (Å²) in [4.78, 5) is 2.43. The summed E-state index contributed by atoms with van der Waals surface area (Å²) in [5.41, 5.74) is 1.18. The first-order valence-corrected chi connectivity index (χ1v) is 9.62. The lowest BCUT2D eigenvalue weighted by Crippen LogP contribution is -2.40. The molecule has 0 unspecified atom stereocenters. The summed E-state index contributed by atoms with van der Waals surface area (Å²) < 4.78 is 17.9. The van der Waals surface area contributed by atoms with Gasteiger partial charge in [-0.2, -0.15) is 0 Å². The van der Waals surface area contributed by atoms with Crippen molar-refractivity contribution >= 4 is 15.9 Å². The minimum absolute atomic E-state index is 0.633. The van der Waals surface area contributed by atoms with E-state index in [-0.39, 0.29) is 0 Å². The van der Waals surface area contributed by atoms with Crippen LogP contribution in [0.5, 0.6) is 11.5 Å². The van der Waals surface area contributed by atoms with Gasteiger partial charge in [-0.25, -0.2) is 0 Å². The van der Waals surface area contributed by atoms with Crippen LogP contribution in [0.3, 0.4) is 0 Å². The van der Waals surface area contributed by atoms with Crippen molar-refractivity contribution in [2.45, 2.75) is 26.8 Å². The highest BCUT2D eigenvalue weighted by Gasteiger charge is 2.12. The van der Waals surface area contributed by atoms with Crippen LogP contribution >= 0.6 is 15.9 Å². The summed E-state index contributed by atoms with van der Waals surface area (Å²) in [7, 11) is 0. The Morgan fingerprint density at radius 1 is 1.17 bits per heavy atom. The van der Waals surface area contributed by atoms with Crippen molar-refractivity contribution in [3.8, 4) is 11.5 Å². The van der Waals surface area contributed by atoms with E-state index in [1.807, 2.05) is 13.0 Å². The van der Waals surface area contributed by atoms with Gasteiger partial charge in [-0.15, -0.1) is 0 Å². The zero-order valence-corrected chi connectivity index (χ0v) is 16.4. The van der Waals surface area contributed by atoms with Crippen LogP contribution in [0.4, 0.5) is 0 Å². The molecule has 2 rings (SSSR count). The first-order chi connectivity index (χ1) is 11.7. The van der Waals surface area contributed by atoms with Gasteiger partial charge in [0.1, 0.15) is 0 Å². The molecular weight excluding hydrogens is 372 g/mol. The molecule has 1 fully saturated rings. The second kappa shape index (κ2) is 10.9. The molecule has 136 valence electrons. The lowest BCUT2D eigenvalue weighted by molar-refractivity contribution is 0.0384. The largest absolute Gasteiger partial charge is 0.490 e. The molecule has 24 heavy (non-hydrogen) atoms. The van der Waals surface area contributed by atoms with Gasteiger partial charge in [-0.05, 0) is 31.0 Å². The maximum Gasteiger partial charge on any atom is 0.162 e. The fourth-order valence-electron chi connectivity index (χ4n) is 2.59. The summed E-state index contributed by atoms with van der Waals surface area (Å²) in [6.45, 7) is 12.0. The van der Waals surface area contributed by atoms with Crippen molar-refractivity contribution in [1.82, 2.24) is 10.2 Å². The summed E-state index contributed by atoms with van der Waals surface area (Å²) in [5.74, 6) is 1.63. The van der Waals surface area contributed by atoms with Gasteiger partial charge in [0.25, 0.3) is 0 Å². The molecule has 0 radical (unpaired) electrons. The topological polar surface area (TPSA) is 43.0 Å². The van der Waals surface area contributed by atoms with Crippen LogP contribution in [0.2, 0.25) is 0 Å². The highest BCUT2D eigenvalue weighted by Crippen LogP contribution is 2.34. The average molecular weight is 401 g/mol. The van der Waals surface area contributed by atoms with Crippen molar-refractivity contribution in [2.24, 2.45) is 0 Å². The first kappa shape index (κ1) is 19.5. The monoisotopic (exact) mass is 400 g/mol. The van der Waals surface area contributed by atoms with Crippen molar-refractivity contribution in [2.75, 3.05) is 52.6 Å². The summed E-state index contributed by atoms with van der Waals surface area (Å²) in [6.07, 6.45) is 0.980. The quantitative estimate of drug-likeness (QED) is 0.611. The highest BCUT2D eigenvalue weighted by molar-refractivity contribution is 9.10. The van der Waals surface area contributed by atoms with Crippen molar-refractivity contribution < 1.29 is 14.2 Å². The van der Waals surface area contributed by atoms with E-state index in [0.29, 0.717) is 13.2 Å². The van der Waals surface area contributed by atoms with E-state index in [9.17, 15) is 0 Å². The zero-order valence-electron chi connectivity index (χ0n) is 14.8. The van der Waals surface area contributed by atoms with Crippen LogP contribution < -0.4 is 14.8 Å². The molecule has 0 amide bonds. The van der Waals surface area contributed by atoms with E-state index in [4.69, 9.17) is 14.2 Å². The molecule has 1 N–H and O–H groups in total. The van der Waals surface area contributed by atoms with Crippen molar-refractivity contribution in [1.29, 1.82) is 0 Å². The van der Waals surface area contributed by atoms with E-state index in [1.54, 1.807) is 0 Å². The third kappa shape index (κ3) is 6.24. The molecule has 1 aliphatic rings. The Morgan fingerprint density at radius 2 is 1.92 bits per heavy atom. The van der Waals surface area contributed by atoms with Crippen LogP contribution in [0.25, 0.3) is 0 Å². The Kier molecular flexibility index (Phi) is 8.88. The Balaban J connectivity index is 1.87. The van der Waals surface area contributed by atoms with Crippen LogP contribution in [-0.2, 0) is 11.3 Å². The van der Waals surface area contributed by atoms with E-state index < -0.39 is 0 Å². The SMILES string of the molecule is CCCOc1cc(Br)c(CNCCN2CCOCC2)cc1OCC. The molecule has 1 aromatic rings. The van der Waals surface area contributed by atoms with Gasteiger partial charge >= 0.3 is 0 Å². The second-order valence-electron chi connectivity index (χ2n) is 5.80. The third-order valence-corrected chi connectivity index (χ3v) is 4.64. The number of benzene rings is 1. The Hall–Kier alpha value is -0.820. The Labute approximate surface area is 153 Å². The molecule has 5 nitrogen and oxygen atoms in total. The number of halogens is 1. The Bertz CT molecular complexity index is 493. The maximum absolute atomic E-state index is 5.79. The minimum Gasteiger partial charge on any atom is -0.490 e. The standard InChI is InChI=1S/C18H29BrN2O3/c1-3-9-24-18-13-16(19)15(12-17(18)23-4-2)14-20-5-6-21-7-10-22-11-8-21/h12-13,20H,3-11,14H2,1-2H3. The van der Waals surface area contributed by atoms with Crippen LogP contribution in [0.15, 0.2) is 16.6 Å². The van der Waals surface area contributed by atoms with Gasteiger partial charge in [0.15, 0.2) is 11.5 Å². The number of hydrogen-bond donors (Lipinski definition) is 1. The number of rotatable bonds is 10. The minimum atomic E-state index is 0.633. The third-order valence-electron chi connectivity index (χ3n) is 3.90.